The third-order valence-corrected chi connectivity index (χ3v) is 2.63. The number of nitrogens with two attached hydrogens (primary N) is 1. The fourth-order valence-electron chi connectivity index (χ4n) is 1.02. The molecule has 0 spiro atoms. The van der Waals surface area contributed by atoms with Crippen LogP contribution in [0.15, 0.2) is 0 Å². The summed E-state index contributed by atoms with van der Waals surface area (Å²) in [5.74, 6) is -0.266. The molecule has 0 aliphatic heterocycles. The number of rotatable bonds is 7. The molecule has 0 rings (SSSR count). The molecule has 0 unspecified atom stereocenters. The molecule has 0 radical (unpaired) electrons. The van der Waals surface area contributed by atoms with E-state index < -0.39 is 12.0 Å². The molecule has 0 saturated heterocycles. The van der Waals surface area contributed by atoms with Crippen LogP contribution in [0, 0.1) is 0 Å². The van der Waals surface area contributed by atoms with Gasteiger partial charge in [0.1, 0.15) is 0 Å². The Morgan fingerprint density at radius 2 is 2.13 bits per heavy atom. The zero-order chi connectivity index (χ0) is 11.8. The second-order valence-corrected chi connectivity index (χ2v) is 4.28. The average molecular weight is 234 g/mol. The Balaban J connectivity index is 3.90. The lowest BCUT2D eigenvalue weighted by atomic mass is 10.2. The van der Waals surface area contributed by atoms with Crippen molar-refractivity contribution in [2.45, 2.75) is 18.9 Å². The van der Waals surface area contributed by atoms with E-state index in [9.17, 15) is 9.59 Å². The molecule has 0 saturated carbocycles. The van der Waals surface area contributed by atoms with Gasteiger partial charge in [-0.25, -0.2) is 0 Å². The third kappa shape index (κ3) is 6.35. The predicted molar refractivity (Wildman–Crippen MR) is 60.9 cm³/mol. The summed E-state index contributed by atoms with van der Waals surface area (Å²) in [6.45, 7) is 0.209. The molecule has 0 aromatic carbocycles. The van der Waals surface area contributed by atoms with Gasteiger partial charge in [-0.2, -0.15) is 11.8 Å². The standard InChI is InChI=1S/C9H18N2O3S/c1-11(5-3-8(12)13)9(14)7(10)4-6-15-2/h7H,3-6,10H2,1-2H3,(H,12,13)/t7-/m0/s1. The first-order chi connectivity index (χ1) is 6.99. The molecule has 0 aromatic heterocycles. The molecule has 0 aliphatic rings. The minimum atomic E-state index is -0.910. The van der Waals surface area contributed by atoms with Crippen molar-refractivity contribution in [3.63, 3.8) is 0 Å². The number of nitrogens with zero attached hydrogens (tertiary/aromatic N) is 1. The van der Waals surface area contributed by atoms with Crippen LogP contribution in [-0.2, 0) is 9.59 Å². The molecule has 5 nitrogen and oxygen atoms in total. The van der Waals surface area contributed by atoms with Gasteiger partial charge in [-0.1, -0.05) is 0 Å². The summed E-state index contributed by atoms with van der Waals surface area (Å²) in [5, 5.41) is 8.45. The van der Waals surface area contributed by atoms with Crippen molar-refractivity contribution >= 4 is 23.6 Å². The van der Waals surface area contributed by atoms with Gasteiger partial charge in [0.2, 0.25) is 5.91 Å². The van der Waals surface area contributed by atoms with E-state index >= 15 is 0 Å². The van der Waals surface area contributed by atoms with Crippen LogP contribution in [0.5, 0.6) is 0 Å². The average Bonchev–Trinajstić information content (AvgIpc) is 2.21. The molecule has 3 N–H and O–H groups in total. The maximum atomic E-state index is 11.6. The van der Waals surface area contributed by atoms with Crippen LogP contribution in [0.25, 0.3) is 0 Å². The highest BCUT2D eigenvalue weighted by Gasteiger charge is 2.17. The lowest BCUT2D eigenvalue weighted by Gasteiger charge is -2.20. The summed E-state index contributed by atoms with van der Waals surface area (Å²) in [7, 11) is 1.57. The van der Waals surface area contributed by atoms with Crippen LogP contribution in [0.4, 0.5) is 0 Å². The normalized spacial score (nSPS) is 12.2. The largest absolute Gasteiger partial charge is 0.481 e. The number of carboxylic acid groups (broad SMARTS) is 1. The Morgan fingerprint density at radius 3 is 2.60 bits per heavy atom. The highest BCUT2D eigenvalue weighted by molar-refractivity contribution is 7.98. The molecule has 88 valence electrons. The zero-order valence-electron chi connectivity index (χ0n) is 9.10. The topological polar surface area (TPSA) is 83.6 Å². The van der Waals surface area contributed by atoms with Gasteiger partial charge in [0, 0.05) is 13.6 Å². The first-order valence-corrected chi connectivity index (χ1v) is 6.09. The number of aliphatic carboxylic acids is 1. The van der Waals surface area contributed by atoms with Crippen LogP contribution in [0.1, 0.15) is 12.8 Å². The smallest absolute Gasteiger partial charge is 0.305 e. The maximum Gasteiger partial charge on any atom is 0.305 e. The van der Waals surface area contributed by atoms with E-state index in [0.717, 1.165) is 5.75 Å². The molecule has 15 heavy (non-hydrogen) atoms. The zero-order valence-corrected chi connectivity index (χ0v) is 9.92. The number of carboxylic acids is 1. The first kappa shape index (κ1) is 14.2. The van der Waals surface area contributed by atoms with E-state index in [-0.39, 0.29) is 18.9 Å². The Kier molecular flexibility index (Phi) is 7.15. The molecule has 0 aromatic rings. The number of carbonyl (C=O) groups excluding carboxylic acids is 1. The van der Waals surface area contributed by atoms with E-state index in [2.05, 4.69) is 0 Å². The van der Waals surface area contributed by atoms with E-state index in [1.54, 1.807) is 18.8 Å². The molecule has 1 atom stereocenters. The molecule has 6 heteroatoms. The van der Waals surface area contributed by atoms with Gasteiger partial charge < -0.3 is 15.7 Å². The Morgan fingerprint density at radius 1 is 1.53 bits per heavy atom. The fourth-order valence-corrected chi connectivity index (χ4v) is 1.51. The van der Waals surface area contributed by atoms with E-state index in [1.165, 1.54) is 4.90 Å². The van der Waals surface area contributed by atoms with E-state index in [1.807, 2.05) is 6.26 Å². The molecule has 0 fully saturated rings. The van der Waals surface area contributed by atoms with Crippen molar-refractivity contribution in [1.29, 1.82) is 0 Å². The van der Waals surface area contributed by atoms with Crippen molar-refractivity contribution in [3.8, 4) is 0 Å². The van der Waals surface area contributed by atoms with Crippen LogP contribution in [-0.4, -0.2) is 53.5 Å². The lowest BCUT2D eigenvalue weighted by Crippen LogP contribution is -2.42. The molecular weight excluding hydrogens is 216 g/mol. The summed E-state index contributed by atoms with van der Waals surface area (Å²) in [5.41, 5.74) is 5.66. The number of hydrogen-bond acceptors (Lipinski definition) is 4. The SMILES string of the molecule is CSCC[C@H](N)C(=O)N(C)CCC(=O)O. The van der Waals surface area contributed by atoms with Gasteiger partial charge in [0.15, 0.2) is 0 Å². The summed E-state index contributed by atoms with van der Waals surface area (Å²) in [6.07, 6.45) is 2.53. The Bertz CT molecular complexity index is 223. The number of hydrogen-bond donors (Lipinski definition) is 2. The maximum absolute atomic E-state index is 11.6. The lowest BCUT2D eigenvalue weighted by molar-refractivity contribution is -0.138. The molecule has 0 bridgehead atoms. The highest BCUT2D eigenvalue weighted by Crippen LogP contribution is 2.01. The molecule has 1 amide bonds. The Hall–Kier alpha value is -0.750. The van der Waals surface area contributed by atoms with E-state index in [0.29, 0.717) is 6.42 Å². The van der Waals surface area contributed by atoms with Crippen LogP contribution < -0.4 is 5.73 Å². The fraction of sp³-hybridized carbons (Fsp3) is 0.778. The summed E-state index contributed by atoms with van der Waals surface area (Å²) in [4.78, 5) is 23.2. The highest BCUT2D eigenvalue weighted by atomic mass is 32.2. The van der Waals surface area contributed by atoms with Crippen molar-refractivity contribution < 1.29 is 14.7 Å². The summed E-state index contributed by atoms with van der Waals surface area (Å²) in [6, 6.07) is -0.517. The number of amides is 1. The van der Waals surface area contributed by atoms with Crippen LogP contribution >= 0.6 is 11.8 Å². The van der Waals surface area contributed by atoms with Crippen LogP contribution in [0.3, 0.4) is 0 Å². The third-order valence-electron chi connectivity index (χ3n) is 1.99. The van der Waals surface area contributed by atoms with Gasteiger partial charge in [-0.15, -0.1) is 0 Å². The quantitative estimate of drug-likeness (QED) is 0.648. The number of likely N-dealkylation sites (N-methyl/N-ethyl adjacent to an activating group) is 1. The van der Waals surface area contributed by atoms with E-state index in [4.69, 9.17) is 10.8 Å². The first-order valence-electron chi connectivity index (χ1n) is 4.70. The summed E-state index contributed by atoms with van der Waals surface area (Å²) >= 11 is 1.63. The van der Waals surface area contributed by atoms with Crippen molar-refractivity contribution in [1.82, 2.24) is 4.90 Å². The van der Waals surface area contributed by atoms with Gasteiger partial charge >= 0.3 is 5.97 Å². The molecule has 0 aliphatic carbocycles. The summed E-state index contributed by atoms with van der Waals surface area (Å²) < 4.78 is 0. The number of thioether (sulfide) groups is 1. The molecule has 0 heterocycles. The second kappa shape index (κ2) is 7.53. The molecular formula is C9H18N2O3S. The van der Waals surface area contributed by atoms with Crippen LogP contribution in [0.2, 0.25) is 0 Å². The monoisotopic (exact) mass is 234 g/mol. The van der Waals surface area contributed by atoms with Crippen molar-refractivity contribution in [3.05, 3.63) is 0 Å². The Labute approximate surface area is 94.0 Å². The van der Waals surface area contributed by atoms with Crippen molar-refractivity contribution in [2.24, 2.45) is 5.73 Å². The van der Waals surface area contributed by atoms with Gasteiger partial charge in [0.25, 0.3) is 0 Å². The minimum absolute atomic E-state index is 0.0442. The van der Waals surface area contributed by atoms with Crippen molar-refractivity contribution in [2.75, 3.05) is 25.6 Å². The van der Waals surface area contributed by atoms with Gasteiger partial charge in [-0.3, -0.25) is 9.59 Å². The minimum Gasteiger partial charge on any atom is -0.481 e. The van der Waals surface area contributed by atoms with Gasteiger partial charge in [-0.05, 0) is 18.4 Å². The predicted octanol–water partition coefficient (Wildman–Crippen LogP) is -0.0001000. The second-order valence-electron chi connectivity index (χ2n) is 3.29. The van der Waals surface area contributed by atoms with Gasteiger partial charge in [0.05, 0.1) is 12.5 Å². The number of carbonyl (C=O) groups is 2.